The molecule has 1 aliphatic heterocycles. The van der Waals surface area contributed by atoms with Gasteiger partial charge in [-0.05, 0) is 13.3 Å². The standard InChI is InChI=1S/C10H18N2O6S/c1-10(3-5-19(17,18)6-10)12-9(16)11-4-2-7(13)8(14)15/h7,13H,2-6H2,1H3,(H,14,15)(H2,11,12,16). The molecule has 1 aliphatic rings. The maximum atomic E-state index is 11.5. The van der Waals surface area contributed by atoms with E-state index in [2.05, 4.69) is 10.6 Å². The minimum Gasteiger partial charge on any atom is -0.479 e. The Morgan fingerprint density at radius 1 is 1.42 bits per heavy atom. The van der Waals surface area contributed by atoms with Gasteiger partial charge in [-0.1, -0.05) is 0 Å². The van der Waals surface area contributed by atoms with Gasteiger partial charge in [0.1, 0.15) is 0 Å². The molecule has 8 nitrogen and oxygen atoms in total. The molecule has 0 spiro atoms. The maximum absolute atomic E-state index is 11.5. The Bertz CT molecular complexity index is 463. The first-order valence-electron chi connectivity index (χ1n) is 5.81. The molecule has 0 aliphatic carbocycles. The molecule has 9 heteroatoms. The lowest BCUT2D eigenvalue weighted by Crippen LogP contribution is -2.51. The maximum Gasteiger partial charge on any atom is 0.332 e. The summed E-state index contributed by atoms with van der Waals surface area (Å²) < 4.78 is 22.7. The first-order chi connectivity index (χ1) is 8.64. The molecule has 19 heavy (non-hydrogen) atoms. The van der Waals surface area contributed by atoms with Crippen LogP contribution < -0.4 is 10.6 Å². The zero-order valence-electron chi connectivity index (χ0n) is 10.5. The Labute approximate surface area is 111 Å². The summed E-state index contributed by atoms with van der Waals surface area (Å²) in [6.45, 7) is 1.63. The van der Waals surface area contributed by atoms with Crippen LogP contribution in [0.5, 0.6) is 0 Å². The second kappa shape index (κ2) is 5.74. The normalized spacial score (nSPS) is 26.6. The molecular weight excluding hydrogens is 276 g/mol. The fourth-order valence-electron chi connectivity index (χ4n) is 1.87. The predicted octanol–water partition coefficient (Wildman–Crippen LogP) is -1.30. The fourth-order valence-corrected chi connectivity index (χ4v) is 3.97. The molecule has 1 fully saturated rings. The minimum absolute atomic E-state index is 0.0118. The van der Waals surface area contributed by atoms with E-state index in [4.69, 9.17) is 10.2 Å². The number of carboxylic acids is 1. The number of hydrogen-bond acceptors (Lipinski definition) is 5. The molecular formula is C10H18N2O6S. The van der Waals surface area contributed by atoms with Crippen molar-refractivity contribution in [2.24, 2.45) is 0 Å². The molecule has 0 radical (unpaired) electrons. The van der Waals surface area contributed by atoms with Crippen molar-refractivity contribution in [1.82, 2.24) is 10.6 Å². The van der Waals surface area contributed by atoms with Crippen molar-refractivity contribution in [3.8, 4) is 0 Å². The highest BCUT2D eigenvalue weighted by Crippen LogP contribution is 2.22. The number of urea groups is 1. The van der Waals surface area contributed by atoms with E-state index in [1.54, 1.807) is 6.92 Å². The van der Waals surface area contributed by atoms with Crippen molar-refractivity contribution in [2.45, 2.75) is 31.4 Å². The summed E-state index contributed by atoms with van der Waals surface area (Å²) in [6, 6.07) is -0.572. The third-order valence-corrected chi connectivity index (χ3v) is 4.81. The van der Waals surface area contributed by atoms with Gasteiger partial charge in [-0.3, -0.25) is 0 Å². The number of aliphatic hydroxyl groups excluding tert-OH is 1. The summed E-state index contributed by atoms with van der Waals surface area (Å²) in [5.74, 6) is -1.41. The topological polar surface area (TPSA) is 133 Å². The van der Waals surface area contributed by atoms with Crippen LogP contribution in [0.4, 0.5) is 4.79 Å². The van der Waals surface area contributed by atoms with Crippen molar-refractivity contribution in [1.29, 1.82) is 0 Å². The number of amides is 2. The number of carboxylic acid groups (broad SMARTS) is 1. The van der Waals surface area contributed by atoms with E-state index >= 15 is 0 Å². The van der Waals surface area contributed by atoms with Crippen LogP contribution in [-0.2, 0) is 14.6 Å². The third-order valence-electron chi connectivity index (χ3n) is 2.91. The van der Waals surface area contributed by atoms with Crippen molar-refractivity contribution in [2.75, 3.05) is 18.1 Å². The zero-order valence-corrected chi connectivity index (χ0v) is 11.4. The number of nitrogens with one attached hydrogen (secondary N) is 2. The molecule has 1 heterocycles. The van der Waals surface area contributed by atoms with Gasteiger partial charge in [-0.25, -0.2) is 18.0 Å². The number of rotatable bonds is 5. The molecule has 0 aromatic carbocycles. The number of carbonyl (C=O) groups is 2. The monoisotopic (exact) mass is 294 g/mol. The number of aliphatic carboxylic acids is 1. The average molecular weight is 294 g/mol. The quantitative estimate of drug-likeness (QED) is 0.498. The molecule has 1 saturated heterocycles. The van der Waals surface area contributed by atoms with Gasteiger partial charge in [0.05, 0.1) is 17.0 Å². The van der Waals surface area contributed by atoms with Crippen LogP contribution in [0.1, 0.15) is 19.8 Å². The Morgan fingerprint density at radius 3 is 2.53 bits per heavy atom. The van der Waals surface area contributed by atoms with Crippen LogP contribution in [0.2, 0.25) is 0 Å². The van der Waals surface area contributed by atoms with Crippen LogP contribution in [0.15, 0.2) is 0 Å². The van der Waals surface area contributed by atoms with Gasteiger partial charge in [0.2, 0.25) is 0 Å². The zero-order chi connectivity index (χ0) is 14.7. The molecule has 0 saturated carbocycles. The Balaban J connectivity index is 2.34. The Kier molecular flexibility index (Phi) is 4.75. The summed E-state index contributed by atoms with van der Waals surface area (Å²) in [4.78, 5) is 21.9. The summed E-state index contributed by atoms with van der Waals surface area (Å²) in [5.41, 5.74) is -0.797. The summed E-state index contributed by atoms with van der Waals surface area (Å²) in [6.07, 6.45) is -1.29. The number of carbonyl (C=O) groups excluding carboxylic acids is 1. The highest BCUT2D eigenvalue weighted by Gasteiger charge is 2.39. The lowest BCUT2D eigenvalue weighted by atomic mass is 10.0. The van der Waals surface area contributed by atoms with Gasteiger partial charge in [0, 0.05) is 13.0 Å². The van der Waals surface area contributed by atoms with Gasteiger partial charge < -0.3 is 20.8 Å². The summed E-state index contributed by atoms with van der Waals surface area (Å²) in [7, 11) is -3.10. The lowest BCUT2D eigenvalue weighted by molar-refractivity contribution is -0.146. The average Bonchev–Trinajstić information content (AvgIpc) is 2.52. The van der Waals surface area contributed by atoms with E-state index in [-0.39, 0.29) is 24.5 Å². The first kappa shape index (κ1) is 15.7. The second-order valence-electron chi connectivity index (χ2n) is 4.93. The summed E-state index contributed by atoms with van der Waals surface area (Å²) >= 11 is 0. The van der Waals surface area contributed by atoms with Gasteiger partial charge in [0.15, 0.2) is 15.9 Å². The summed E-state index contributed by atoms with van der Waals surface area (Å²) in [5, 5.41) is 22.4. The van der Waals surface area contributed by atoms with E-state index in [0.29, 0.717) is 6.42 Å². The Morgan fingerprint density at radius 2 is 2.05 bits per heavy atom. The van der Waals surface area contributed by atoms with E-state index in [1.807, 2.05) is 0 Å². The largest absolute Gasteiger partial charge is 0.479 e. The number of hydrogen-bond donors (Lipinski definition) is 4. The van der Waals surface area contributed by atoms with Crippen LogP contribution in [0.3, 0.4) is 0 Å². The van der Waals surface area contributed by atoms with Crippen molar-refractivity contribution in [3.63, 3.8) is 0 Å². The number of sulfone groups is 1. The van der Waals surface area contributed by atoms with Crippen molar-refractivity contribution < 1.29 is 28.2 Å². The van der Waals surface area contributed by atoms with Crippen molar-refractivity contribution >= 4 is 21.8 Å². The molecule has 2 amide bonds. The lowest BCUT2D eigenvalue weighted by Gasteiger charge is -2.24. The van der Waals surface area contributed by atoms with Gasteiger partial charge in [0.25, 0.3) is 0 Å². The molecule has 0 bridgehead atoms. The number of aliphatic hydroxyl groups is 1. The molecule has 0 aromatic rings. The molecule has 1 rings (SSSR count). The fraction of sp³-hybridized carbons (Fsp3) is 0.800. The van der Waals surface area contributed by atoms with E-state index in [9.17, 15) is 18.0 Å². The smallest absolute Gasteiger partial charge is 0.332 e. The van der Waals surface area contributed by atoms with Crippen LogP contribution in [0.25, 0.3) is 0 Å². The molecule has 4 N–H and O–H groups in total. The second-order valence-corrected chi connectivity index (χ2v) is 7.11. The van der Waals surface area contributed by atoms with Crippen LogP contribution >= 0.6 is 0 Å². The van der Waals surface area contributed by atoms with E-state index in [1.165, 1.54) is 0 Å². The van der Waals surface area contributed by atoms with Gasteiger partial charge in [-0.2, -0.15) is 0 Å². The first-order valence-corrected chi connectivity index (χ1v) is 7.63. The molecule has 0 aromatic heterocycles. The van der Waals surface area contributed by atoms with Gasteiger partial charge in [-0.15, -0.1) is 0 Å². The van der Waals surface area contributed by atoms with Crippen molar-refractivity contribution in [3.05, 3.63) is 0 Å². The molecule has 2 unspecified atom stereocenters. The van der Waals surface area contributed by atoms with Crippen LogP contribution in [0, 0.1) is 0 Å². The van der Waals surface area contributed by atoms with E-state index < -0.39 is 33.5 Å². The highest BCUT2D eigenvalue weighted by molar-refractivity contribution is 7.91. The van der Waals surface area contributed by atoms with E-state index in [0.717, 1.165) is 0 Å². The Hall–Kier alpha value is -1.35. The predicted molar refractivity (Wildman–Crippen MR) is 66.5 cm³/mol. The van der Waals surface area contributed by atoms with Gasteiger partial charge >= 0.3 is 12.0 Å². The third kappa shape index (κ3) is 5.03. The molecule has 110 valence electrons. The SMILES string of the molecule is CC1(NC(=O)NCCC(O)C(=O)O)CCS(=O)(=O)C1. The highest BCUT2D eigenvalue weighted by atomic mass is 32.2. The molecule has 2 atom stereocenters. The minimum atomic E-state index is -3.10. The van der Waals surface area contributed by atoms with Crippen LogP contribution in [-0.4, -0.2) is 60.3 Å².